The van der Waals surface area contributed by atoms with Crippen molar-refractivity contribution in [3.63, 3.8) is 0 Å². The van der Waals surface area contributed by atoms with Crippen molar-refractivity contribution in [3.8, 4) is 5.75 Å². The van der Waals surface area contributed by atoms with Crippen LogP contribution in [0.3, 0.4) is 0 Å². The van der Waals surface area contributed by atoms with E-state index in [4.69, 9.17) is 17.0 Å². The fraction of sp³-hybridized carbons (Fsp3) is 0.150. The first kappa shape index (κ1) is 20.2. The lowest BCUT2D eigenvalue weighted by molar-refractivity contribution is -0.130. The zero-order valence-corrected chi connectivity index (χ0v) is 16.5. The Morgan fingerprint density at radius 2 is 1.83 bits per heavy atom. The zero-order chi connectivity index (χ0) is 21.0. The number of methoxy groups -OCH3 is 1. The van der Waals surface area contributed by atoms with Gasteiger partial charge in [-0.1, -0.05) is 17.7 Å². The van der Waals surface area contributed by atoms with Crippen molar-refractivity contribution in [2.75, 3.05) is 12.0 Å². The minimum absolute atomic E-state index is 0.00392. The molecule has 1 saturated heterocycles. The lowest BCUT2D eigenvalue weighted by atomic mass is 10.1. The SMILES string of the molecule is COc1ccc(C(=O)N/N=C/[C@@H]2C(=O)NC(=S)N(c3ccc(C)cc3)C2=O)cc1. The second-order valence-corrected chi connectivity index (χ2v) is 6.62. The first-order chi connectivity index (χ1) is 13.9. The number of amides is 3. The molecular formula is C20H18N4O4S. The van der Waals surface area contributed by atoms with Crippen molar-refractivity contribution in [1.82, 2.24) is 10.7 Å². The maximum absolute atomic E-state index is 12.8. The molecule has 8 nitrogen and oxygen atoms in total. The molecule has 0 saturated carbocycles. The van der Waals surface area contributed by atoms with Gasteiger partial charge in [-0.05, 0) is 55.5 Å². The molecule has 0 bridgehead atoms. The highest BCUT2D eigenvalue weighted by Gasteiger charge is 2.38. The third kappa shape index (κ3) is 4.46. The van der Waals surface area contributed by atoms with Crippen molar-refractivity contribution >= 4 is 47.0 Å². The number of hydrogen-bond acceptors (Lipinski definition) is 6. The van der Waals surface area contributed by atoms with Crippen LogP contribution in [0.1, 0.15) is 15.9 Å². The van der Waals surface area contributed by atoms with E-state index in [0.717, 1.165) is 11.8 Å². The van der Waals surface area contributed by atoms with Crippen molar-refractivity contribution < 1.29 is 19.1 Å². The van der Waals surface area contributed by atoms with E-state index in [2.05, 4.69) is 15.8 Å². The lowest BCUT2D eigenvalue weighted by Crippen LogP contribution is -2.58. The highest BCUT2D eigenvalue weighted by molar-refractivity contribution is 7.80. The summed E-state index contributed by atoms with van der Waals surface area (Å²) in [5.74, 6) is -2.25. The van der Waals surface area contributed by atoms with Gasteiger partial charge in [-0.2, -0.15) is 5.10 Å². The van der Waals surface area contributed by atoms with Gasteiger partial charge in [-0.25, -0.2) is 5.43 Å². The second kappa shape index (κ2) is 8.61. The molecule has 1 heterocycles. The number of nitrogens with zero attached hydrogens (tertiary/aromatic N) is 2. The van der Waals surface area contributed by atoms with Crippen LogP contribution in [0.25, 0.3) is 0 Å². The van der Waals surface area contributed by atoms with Crippen LogP contribution >= 0.6 is 12.2 Å². The lowest BCUT2D eigenvalue weighted by Gasteiger charge is -2.30. The number of nitrogens with one attached hydrogen (secondary N) is 2. The van der Waals surface area contributed by atoms with Gasteiger partial charge in [0.05, 0.1) is 12.8 Å². The fourth-order valence-corrected chi connectivity index (χ4v) is 2.93. The van der Waals surface area contributed by atoms with Gasteiger partial charge in [-0.3, -0.25) is 19.3 Å². The van der Waals surface area contributed by atoms with Gasteiger partial charge < -0.3 is 10.1 Å². The molecule has 0 aromatic heterocycles. The predicted molar refractivity (Wildman–Crippen MR) is 112 cm³/mol. The highest BCUT2D eigenvalue weighted by atomic mass is 32.1. The summed E-state index contributed by atoms with van der Waals surface area (Å²) in [4.78, 5) is 38.4. The number of hydrogen-bond donors (Lipinski definition) is 2. The maximum atomic E-state index is 12.8. The number of aryl methyl sites for hydroxylation is 1. The molecule has 3 amide bonds. The van der Waals surface area contributed by atoms with Crippen molar-refractivity contribution in [1.29, 1.82) is 0 Å². The zero-order valence-electron chi connectivity index (χ0n) is 15.7. The van der Waals surface area contributed by atoms with E-state index in [0.29, 0.717) is 17.0 Å². The van der Waals surface area contributed by atoms with Crippen LogP contribution in [0.4, 0.5) is 5.69 Å². The molecule has 1 fully saturated rings. The Morgan fingerprint density at radius 3 is 2.45 bits per heavy atom. The number of rotatable bonds is 5. The molecule has 2 N–H and O–H groups in total. The summed E-state index contributed by atoms with van der Waals surface area (Å²) in [5, 5.41) is 6.26. The molecule has 1 aliphatic heterocycles. The van der Waals surface area contributed by atoms with E-state index in [1.165, 1.54) is 12.0 Å². The van der Waals surface area contributed by atoms with E-state index in [1.54, 1.807) is 36.4 Å². The summed E-state index contributed by atoms with van der Waals surface area (Å²) in [6, 6.07) is 13.5. The summed E-state index contributed by atoms with van der Waals surface area (Å²) < 4.78 is 5.04. The molecule has 1 atom stereocenters. The Morgan fingerprint density at radius 1 is 1.17 bits per heavy atom. The standard InChI is InChI=1S/C20H18N4O4S/c1-12-3-7-14(8-4-12)24-19(27)16(18(26)22-20(24)29)11-21-23-17(25)13-5-9-15(28-2)10-6-13/h3-11,16H,1-2H3,(H,23,25)(H,22,26,29)/b21-11+/t16-/m1/s1. The van der Waals surface area contributed by atoms with Crippen LogP contribution < -0.4 is 20.4 Å². The second-order valence-electron chi connectivity index (χ2n) is 6.23. The maximum Gasteiger partial charge on any atom is 0.271 e. The topological polar surface area (TPSA) is 100 Å². The third-order valence-corrected chi connectivity index (χ3v) is 4.52. The van der Waals surface area contributed by atoms with Gasteiger partial charge in [0.25, 0.3) is 11.8 Å². The van der Waals surface area contributed by atoms with Crippen molar-refractivity contribution in [2.24, 2.45) is 11.0 Å². The average molecular weight is 410 g/mol. The molecule has 0 radical (unpaired) electrons. The Hall–Kier alpha value is -3.59. The number of thiocarbonyl (C=S) groups is 1. The molecule has 9 heteroatoms. The summed E-state index contributed by atoms with van der Waals surface area (Å²) in [6.45, 7) is 1.92. The molecule has 2 aromatic carbocycles. The van der Waals surface area contributed by atoms with E-state index >= 15 is 0 Å². The third-order valence-electron chi connectivity index (χ3n) is 4.24. The summed E-state index contributed by atoms with van der Waals surface area (Å²) in [7, 11) is 1.52. The Bertz CT molecular complexity index is 987. The van der Waals surface area contributed by atoms with Gasteiger partial charge in [0.15, 0.2) is 11.0 Å². The quantitative estimate of drug-likeness (QED) is 0.339. The van der Waals surface area contributed by atoms with E-state index in [1.807, 2.05) is 19.1 Å². The number of ether oxygens (including phenoxy) is 1. The number of carbonyl (C=O) groups is 3. The smallest absolute Gasteiger partial charge is 0.271 e. The number of hydrazone groups is 1. The summed E-state index contributed by atoms with van der Waals surface area (Å²) in [5.41, 5.74) is 4.21. The van der Waals surface area contributed by atoms with Crippen molar-refractivity contribution in [2.45, 2.75) is 6.92 Å². The molecule has 2 aromatic rings. The molecule has 148 valence electrons. The normalized spacial score (nSPS) is 16.7. The Kier molecular flexibility index (Phi) is 5.99. The monoisotopic (exact) mass is 410 g/mol. The first-order valence-electron chi connectivity index (χ1n) is 8.63. The molecule has 0 aliphatic carbocycles. The van der Waals surface area contributed by atoms with Gasteiger partial charge in [-0.15, -0.1) is 0 Å². The number of carbonyl (C=O) groups excluding carboxylic acids is 3. The summed E-state index contributed by atoms with van der Waals surface area (Å²) in [6.07, 6.45) is 1.09. The Labute approximate surface area is 172 Å². The van der Waals surface area contributed by atoms with Crippen LogP contribution in [0.5, 0.6) is 5.75 Å². The molecule has 29 heavy (non-hydrogen) atoms. The van der Waals surface area contributed by atoms with Gasteiger partial charge in [0.1, 0.15) is 5.75 Å². The van der Waals surface area contributed by atoms with E-state index in [9.17, 15) is 14.4 Å². The fourth-order valence-electron chi connectivity index (χ4n) is 2.64. The van der Waals surface area contributed by atoms with Crippen molar-refractivity contribution in [3.05, 3.63) is 59.7 Å². The minimum Gasteiger partial charge on any atom is -0.497 e. The molecule has 0 unspecified atom stereocenters. The molecule has 3 rings (SSSR count). The average Bonchev–Trinajstić information content (AvgIpc) is 2.71. The minimum atomic E-state index is -1.22. The van der Waals surface area contributed by atoms with Gasteiger partial charge >= 0.3 is 0 Å². The van der Waals surface area contributed by atoms with Crippen LogP contribution in [0.15, 0.2) is 53.6 Å². The van der Waals surface area contributed by atoms with Crippen LogP contribution in [-0.4, -0.2) is 36.2 Å². The Balaban J connectivity index is 1.72. The van der Waals surface area contributed by atoms with E-state index < -0.39 is 23.6 Å². The molecular weight excluding hydrogens is 392 g/mol. The largest absolute Gasteiger partial charge is 0.497 e. The highest BCUT2D eigenvalue weighted by Crippen LogP contribution is 2.20. The van der Waals surface area contributed by atoms with E-state index in [-0.39, 0.29) is 5.11 Å². The number of anilines is 1. The van der Waals surface area contributed by atoms with Gasteiger partial charge in [0, 0.05) is 11.8 Å². The first-order valence-corrected chi connectivity index (χ1v) is 9.04. The van der Waals surface area contributed by atoms with Gasteiger partial charge in [0.2, 0.25) is 5.91 Å². The van der Waals surface area contributed by atoms with Crippen LogP contribution in [-0.2, 0) is 9.59 Å². The molecule has 1 aliphatic rings. The predicted octanol–water partition coefficient (Wildman–Crippen LogP) is 1.78. The molecule has 0 spiro atoms. The van der Waals surface area contributed by atoms with Crippen LogP contribution in [0.2, 0.25) is 0 Å². The number of benzene rings is 2. The van der Waals surface area contributed by atoms with Crippen LogP contribution in [0, 0.1) is 12.8 Å². The summed E-state index contributed by atoms with van der Waals surface area (Å²) >= 11 is 5.14.